The maximum atomic E-state index is 12.0. The van der Waals surface area contributed by atoms with E-state index >= 15 is 0 Å². The Kier molecular flexibility index (Phi) is 9.67. The fraction of sp³-hybridized carbons (Fsp3) is 0.864. The molecule has 0 unspecified atom stereocenters. The normalized spacial score (nSPS) is 16.2. The third kappa shape index (κ3) is 9.08. The Bertz CT molecular complexity index is 567. The van der Waals surface area contributed by atoms with E-state index in [1.165, 1.54) is 0 Å². The van der Waals surface area contributed by atoms with E-state index in [1.807, 2.05) is 0 Å². The van der Waals surface area contributed by atoms with Gasteiger partial charge in [-0.25, -0.2) is 0 Å². The van der Waals surface area contributed by atoms with Crippen LogP contribution in [0.5, 0.6) is 0 Å². The standard InChI is InChI=1S/C22H46O3Si3/c1-21(2,3)27(10,11)24-18-20(25-28(12,13)22(4,5)6)19(17-23)15-14-16-26(7,8)9/h17,19-20H,15,18H2,1-13H3/t19-,20+/m1/s1. The van der Waals surface area contributed by atoms with Crippen LogP contribution in [0.1, 0.15) is 48.0 Å². The number of rotatable bonds is 8. The van der Waals surface area contributed by atoms with Crippen LogP contribution in [0.3, 0.4) is 0 Å². The molecule has 0 aromatic carbocycles. The summed E-state index contributed by atoms with van der Waals surface area (Å²) in [6.07, 6.45) is 1.35. The van der Waals surface area contributed by atoms with Gasteiger partial charge in [0.15, 0.2) is 16.6 Å². The van der Waals surface area contributed by atoms with Crippen LogP contribution in [0, 0.1) is 17.4 Å². The van der Waals surface area contributed by atoms with Crippen molar-refractivity contribution in [2.24, 2.45) is 5.92 Å². The summed E-state index contributed by atoms with van der Waals surface area (Å²) < 4.78 is 13.2. The molecule has 3 nitrogen and oxygen atoms in total. The summed E-state index contributed by atoms with van der Waals surface area (Å²) in [6.45, 7) is 29.5. The van der Waals surface area contributed by atoms with Gasteiger partial charge >= 0.3 is 0 Å². The minimum Gasteiger partial charge on any atom is -0.414 e. The fourth-order valence-electron chi connectivity index (χ4n) is 2.01. The molecule has 164 valence electrons. The largest absolute Gasteiger partial charge is 0.414 e. The molecule has 6 heteroatoms. The molecule has 0 amide bonds. The van der Waals surface area contributed by atoms with Crippen LogP contribution in [0.2, 0.25) is 55.9 Å². The highest BCUT2D eigenvalue weighted by molar-refractivity contribution is 6.83. The van der Waals surface area contributed by atoms with Crippen LogP contribution in [0.25, 0.3) is 0 Å². The smallest absolute Gasteiger partial charge is 0.192 e. The minimum atomic E-state index is -2.03. The van der Waals surface area contributed by atoms with Gasteiger partial charge in [-0.15, -0.1) is 11.5 Å². The Balaban J connectivity index is 5.63. The topological polar surface area (TPSA) is 35.5 Å². The molecule has 0 rings (SSSR count). The van der Waals surface area contributed by atoms with E-state index in [2.05, 4.69) is 98.8 Å². The van der Waals surface area contributed by atoms with Crippen LogP contribution in [0.15, 0.2) is 0 Å². The van der Waals surface area contributed by atoms with E-state index in [9.17, 15) is 4.79 Å². The van der Waals surface area contributed by atoms with Gasteiger partial charge in [0.05, 0.1) is 18.6 Å². The van der Waals surface area contributed by atoms with Crippen molar-refractivity contribution in [2.45, 2.75) is 110 Å². The minimum absolute atomic E-state index is 0.0830. The summed E-state index contributed by atoms with van der Waals surface area (Å²) in [5, 5.41) is 0.211. The van der Waals surface area contributed by atoms with Crippen LogP contribution in [-0.4, -0.2) is 43.7 Å². The van der Waals surface area contributed by atoms with Gasteiger partial charge < -0.3 is 13.6 Å². The number of carbonyl (C=O) groups excluding carboxylic acids is 1. The number of carbonyl (C=O) groups is 1. The predicted octanol–water partition coefficient (Wildman–Crippen LogP) is 6.48. The van der Waals surface area contributed by atoms with Crippen molar-refractivity contribution in [1.29, 1.82) is 0 Å². The van der Waals surface area contributed by atoms with Gasteiger partial charge in [-0.05, 0) is 36.3 Å². The zero-order chi connectivity index (χ0) is 22.6. The summed E-state index contributed by atoms with van der Waals surface area (Å²) in [5.74, 6) is 3.03. The van der Waals surface area contributed by atoms with Gasteiger partial charge in [0.2, 0.25) is 0 Å². The fourth-order valence-corrected chi connectivity index (χ4v) is 5.01. The lowest BCUT2D eigenvalue weighted by atomic mass is 10.0. The molecular formula is C22H46O3Si3. The highest BCUT2D eigenvalue weighted by Crippen LogP contribution is 2.40. The monoisotopic (exact) mass is 442 g/mol. The molecule has 0 aliphatic rings. The van der Waals surface area contributed by atoms with E-state index < -0.39 is 24.7 Å². The molecule has 0 aromatic heterocycles. The van der Waals surface area contributed by atoms with Crippen molar-refractivity contribution in [1.82, 2.24) is 0 Å². The highest BCUT2D eigenvalue weighted by Gasteiger charge is 2.43. The summed E-state index contributed by atoms with van der Waals surface area (Å²) in [5.41, 5.74) is 3.38. The van der Waals surface area contributed by atoms with Gasteiger partial charge in [0.25, 0.3) is 0 Å². The Hall–Kier alpha value is -0.199. The number of hydrogen-bond donors (Lipinski definition) is 0. The first-order valence-corrected chi connectivity index (χ1v) is 19.8. The average molecular weight is 443 g/mol. The molecular weight excluding hydrogens is 396 g/mol. The predicted molar refractivity (Wildman–Crippen MR) is 131 cm³/mol. The SMILES string of the molecule is CC(C)(C)[Si](C)(C)OC[C@H](O[Si](C)(C)C(C)(C)C)[C@@H](C=O)CC#C[Si](C)(C)C. The molecule has 0 bridgehead atoms. The van der Waals surface area contributed by atoms with Crippen LogP contribution >= 0.6 is 0 Å². The molecule has 0 N–H and O–H groups in total. The third-order valence-electron chi connectivity index (χ3n) is 6.12. The molecule has 2 atom stereocenters. The second kappa shape index (κ2) is 9.74. The van der Waals surface area contributed by atoms with Crippen molar-refractivity contribution < 1.29 is 13.6 Å². The molecule has 0 fully saturated rings. The zero-order valence-corrected chi connectivity index (χ0v) is 23.9. The van der Waals surface area contributed by atoms with Gasteiger partial charge in [0.1, 0.15) is 14.4 Å². The average Bonchev–Trinajstić information content (AvgIpc) is 2.44. The summed E-state index contributed by atoms with van der Waals surface area (Å²) in [4.78, 5) is 12.0. The Labute approximate surface area is 178 Å². The molecule has 0 saturated heterocycles. The summed E-state index contributed by atoms with van der Waals surface area (Å²) >= 11 is 0. The summed E-state index contributed by atoms with van der Waals surface area (Å²) in [7, 11) is -5.40. The van der Waals surface area contributed by atoms with Crippen LogP contribution in [0.4, 0.5) is 0 Å². The van der Waals surface area contributed by atoms with E-state index in [4.69, 9.17) is 8.85 Å². The van der Waals surface area contributed by atoms with Gasteiger partial charge in [0, 0.05) is 6.42 Å². The Morgan fingerprint density at radius 1 is 0.857 bits per heavy atom. The van der Waals surface area contributed by atoms with E-state index in [0.29, 0.717) is 13.0 Å². The number of aldehydes is 1. The van der Waals surface area contributed by atoms with Crippen LogP contribution < -0.4 is 0 Å². The number of hydrogen-bond acceptors (Lipinski definition) is 3. The molecule has 0 radical (unpaired) electrons. The molecule has 0 saturated carbocycles. The third-order valence-corrected chi connectivity index (χ3v) is 16.1. The van der Waals surface area contributed by atoms with Gasteiger partial charge in [-0.2, -0.15) is 0 Å². The zero-order valence-electron chi connectivity index (χ0n) is 20.9. The van der Waals surface area contributed by atoms with E-state index in [-0.39, 0.29) is 22.1 Å². The second-order valence-corrected chi connectivity index (χ2v) is 26.4. The Morgan fingerprint density at radius 2 is 1.32 bits per heavy atom. The van der Waals surface area contributed by atoms with Crippen molar-refractivity contribution in [3.05, 3.63) is 0 Å². The van der Waals surface area contributed by atoms with Crippen molar-refractivity contribution in [3.63, 3.8) is 0 Å². The quantitative estimate of drug-likeness (QED) is 0.245. The summed E-state index contributed by atoms with van der Waals surface area (Å²) in [6, 6.07) is 0. The lowest BCUT2D eigenvalue weighted by Gasteiger charge is -2.42. The van der Waals surface area contributed by atoms with E-state index in [0.717, 1.165) is 6.29 Å². The second-order valence-electron chi connectivity index (χ2n) is 12.0. The Morgan fingerprint density at radius 3 is 1.68 bits per heavy atom. The molecule has 0 heterocycles. The lowest BCUT2D eigenvalue weighted by Crippen LogP contribution is -2.50. The first kappa shape index (κ1) is 27.8. The van der Waals surface area contributed by atoms with Gasteiger partial charge in [-0.3, -0.25) is 0 Å². The molecule has 0 spiro atoms. The molecule has 0 aliphatic carbocycles. The van der Waals surface area contributed by atoms with Crippen molar-refractivity contribution >= 4 is 31.0 Å². The lowest BCUT2D eigenvalue weighted by molar-refractivity contribution is -0.114. The van der Waals surface area contributed by atoms with E-state index in [1.54, 1.807) is 0 Å². The molecule has 0 aliphatic heterocycles. The maximum Gasteiger partial charge on any atom is 0.192 e. The maximum absolute atomic E-state index is 12.0. The van der Waals surface area contributed by atoms with Crippen molar-refractivity contribution in [2.75, 3.05) is 6.61 Å². The molecule has 0 aromatic rings. The molecule has 28 heavy (non-hydrogen) atoms. The van der Waals surface area contributed by atoms with Crippen molar-refractivity contribution in [3.8, 4) is 11.5 Å². The first-order chi connectivity index (χ1) is 12.2. The first-order valence-electron chi connectivity index (χ1n) is 10.5. The highest BCUT2D eigenvalue weighted by atomic mass is 28.4. The van der Waals surface area contributed by atoms with Crippen LogP contribution in [-0.2, 0) is 13.6 Å². The van der Waals surface area contributed by atoms with Gasteiger partial charge in [-0.1, -0.05) is 61.2 Å².